The first-order valence-corrected chi connectivity index (χ1v) is 10.7. The quantitative estimate of drug-likeness (QED) is 0.503. The van der Waals surface area contributed by atoms with Crippen LogP contribution in [0.25, 0.3) is 11.4 Å². The average Bonchev–Trinajstić information content (AvgIpc) is 3.05. The van der Waals surface area contributed by atoms with Gasteiger partial charge in [0.05, 0.1) is 20.8 Å². The molecule has 0 amide bonds. The Labute approximate surface area is 182 Å². The number of hydrogen-bond donors (Lipinski definition) is 1. The maximum Gasteiger partial charge on any atom is 0.203 e. The van der Waals surface area contributed by atoms with Crippen molar-refractivity contribution >= 4 is 12.2 Å². The van der Waals surface area contributed by atoms with E-state index in [0.29, 0.717) is 13.3 Å². The third kappa shape index (κ3) is 5.06. The van der Waals surface area contributed by atoms with E-state index in [-0.39, 0.29) is 0 Å². The summed E-state index contributed by atoms with van der Waals surface area (Å²) >= 11 is 5.74. The summed E-state index contributed by atoms with van der Waals surface area (Å²) in [6.07, 6.45) is 4.56. The van der Waals surface area contributed by atoms with Crippen LogP contribution in [-0.4, -0.2) is 40.1 Å². The molecule has 160 valence electrons. The van der Waals surface area contributed by atoms with Crippen LogP contribution in [0.5, 0.6) is 11.5 Å². The Morgan fingerprint density at radius 2 is 1.87 bits per heavy atom. The van der Waals surface area contributed by atoms with Crippen LogP contribution in [0.4, 0.5) is 0 Å². The lowest BCUT2D eigenvalue weighted by Crippen LogP contribution is -3.07. The Kier molecular flexibility index (Phi) is 7.59. The van der Waals surface area contributed by atoms with Crippen LogP contribution in [0.2, 0.25) is 0 Å². The molecule has 0 aliphatic rings. The molecule has 2 heterocycles. The molecule has 1 unspecified atom stereocenters. The molecule has 7 nitrogen and oxygen atoms in total. The number of benzene rings is 1. The smallest absolute Gasteiger partial charge is 0.203 e. The van der Waals surface area contributed by atoms with Crippen LogP contribution in [0, 0.1) is 4.77 Å². The SMILES string of the molecule is CCCn1c(-c2ccncc2)nn(C[NH+](C)Cc2ccc(OCC)c(OC)c2)c1=S. The molecular weight excluding hydrogens is 398 g/mol. The number of nitrogens with zero attached hydrogens (tertiary/aromatic N) is 4. The third-order valence-electron chi connectivity index (χ3n) is 4.76. The predicted molar refractivity (Wildman–Crippen MR) is 119 cm³/mol. The molecule has 3 aromatic rings. The zero-order valence-electron chi connectivity index (χ0n) is 18.1. The lowest BCUT2D eigenvalue weighted by atomic mass is 10.2. The monoisotopic (exact) mass is 428 g/mol. The molecule has 1 N–H and O–H groups in total. The first-order chi connectivity index (χ1) is 14.6. The summed E-state index contributed by atoms with van der Waals surface area (Å²) in [5, 5.41) is 4.83. The molecule has 8 heteroatoms. The molecular formula is C22H30N5O2S+. The molecule has 1 atom stereocenters. The van der Waals surface area contributed by atoms with E-state index in [2.05, 4.69) is 29.6 Å². The minimum Gasteiger partial charge on any atom is -0.493 e. The Bertz CT molecular complexity index is 1020. The molecule has 0 saturated heterocycles. The zero-order valence-corrected chi connectivity index (χ0v) is 18.9. The molecule has 30 heavy (non-hydrogen) atoms. The fourth-order valence-corrected chi connectivity index (χ4v) is 3.72. The van der Waals surface area contributed by atoms with E-state index in [1.165, 1.54) is 10.5 Å². The maximum atomic E-state index is 5.74. The topological polar surface area (TPSA) is 58.5 Å². The summed E-state index contributed by atoms with van der Waals surface area (Å²) in [7, 11) is 3.80. The van der Waals surface area contributed by atoms with Gasteiger partial charge >= 0.3 is 0 Å². The second-order valence-electron chi connectivity index (χ2n) is 7.20. The number of nitrogens with one attached hydrogen (secondary N) is 1. The van der Waals surface area contributed by atoms with Crippen LogP contribution in [-0.2, 0) is 19.8 Å². The van der Waals surface area contributed by atoms with E-state index in [0.717, 1.165) is 47.2 Å². The van der Waals surface area contributed by atoms with Crippen molar-refractivity contribution in [1.29, 1.82) is 0 Å². The van der Waals surface area contributed by atoms with Crippen molar-refractivity contribution in [1.82, 2.24) is 19.3 Å². The van der Waals surface area contributed by atoms with Gasteiger partial charge in [0.1, 0.15) is 6.54 Å². The summed E-state index contributed by atoms with van der Waals surface area (Å²) in [4.78, 5) is 5.37. The highest BCUT2D eigenvalue weighted by molar-refractivity contribution is 7.71. The van der Waals surface area contributed by atoms with E-state index < -0.39 is 0 Å². The highest BCUT2D eigenvalue weighted by atomic mass is 32.1. The second kappa shape index (κ2) is 10.4. The van der Waals surface area contributed by atoms with Gasteiger partial charge in [0.25, 0.3) is 0 Å². The summed E-state index contributed by atoms with van der Waals surface area (Å²) in [5.41, 5.74) is 2.19. The zero-order chi connectivity index (χ0) is 21.5. The summed E-state index contributed by atoms with van der Waals surface area (Å²) in [5.74, 6) is 2.41. The van der Waals surface area contributed by atoms with Crippen molar-refractivity contribution < 1.29 is 14.4 Å². The normalized spacial score (nSPS) is 12.0. The Morgan fingerprint density at radius 1 is 1.10 bits per heavy atom. The standard InChI is InChI=1S/C22H29N5O2S/c1-5-13-26-21(18-9-11-23-12-10-18)24-27(22(26)30)16-25(3)15-17-7-8-19(29-6-2)20(14-17)28-4/h7-12,14H,5-6,13,15-16H2,1-4H3/p+1. The van der Waals surface area contributed by atoms with Gasteiger partial charge in [0.2, 0.25) is 4.77 Å². The molecule has 0 spiro atoms. The van der Waals surface area contributed by atoms with E-state index in [4.69, 9.17) is 26.8 Å². The van der Waals surface area contributed by atoms with E-state index in [9.17, 15) is 0 Å². The van der Waals surface area contributed by atoms with Gasteiger partial charge in [-0.2, -0.15) is 4.68 Å². The largest absolute Gasteiger partial charge is 0.493 e. The fourth-order valence-electron chi connectivity index (χ4n) is 3.44. The van der Waals surface area contributed by atoms with E-state index in [1.54, 1.807) is 19.5 Å². The molecule has 2 aromatic heterocycles. The molecule has 1 aromatic carbocycles. The Hall–Kier alpha value is -2.71. The number of quaternary nitrogens is 1. The van der Waals surface area contributed by atoms with Gasteiger partial charge in [-0.1, -0.05) is 6.92 Å². The second-order valence-corrected chi connectivity index (χ2v) is 7.57. The number of methoxy groups -OCH3 is 1. The van der Waals surface area contributed by atoms with Crippen LogP contribution < -0.4 is 14.4 Å². The van der Waals surface area contributed by atoms with Crippen LogP contribution >= 0.6 is 12.2 Å². The lowest BCUT2D eigenvalue weighted by Gasteiger charge is -2.15. The molecule has 0 radical (unpaired) electrons. The lowest BCUT2D eigenvalue weighted by molar-refractivity contribution is -0.917. The van der Waals surface area contributed by atoms with Gasteiger partial charge in [-0.15, -0.1) is 5.10 Å². The predicted octanol–water partition coefficient (Wildman–Crippen LogP) is 2.97. The van der Waals surface area contributed by atoms with Crippen LogP contribution in [0.3, 0.4) is 0 Å². The molecule has 0 aliphatic carbocycles. The van der Waals surface area contributed by atoms with Gasteiger partial charge in [0, 0.05) is 30.1 Å². The van der Waals surface area contributed by atoms with Gasteiger partial charge in [-0.3, -0.25) is 9.55 Å². The van der Waals surface area contributed by atoms with Gasteiger partial charge in [0.15, 0.2) is 24.0 Å². The number of aromatic nitrogens is 4. The number of pyridine rings is 1. The summed E-state index contributed by atoms with van der Waals surface area (Å²) < 4.78 is 15.9. The Balaban J connectivity index is 1.80. The van der Waals surface area contributed by atoms with Crippen LogP contribution in [0.15, 0.2) is 42.7 Å². The minimum atomic E-state index is 0.610. The first kappa shape index (κ1) is 22.0. The highest BCUT2D eigenvalue weighted by Gasteiger charge is 2.15. The first-order valence-electron chi connectivity index (χ1n) is 10.3. The molecule has 3 rings (SSSR count). The van der Waals surface area contributed by atoms with Crippen molar-refractivity contribution in [3.05, 3.63) is 53.1 Å². The van der Waals surface area contributed by atoms with Crippen LogP contribution in [0.1, 0.15) is 25.8 Å². The molecule has 0 aliphatic heterocycles. The number of ether oxygens (including phenoxy) is 2. The van der Waals surface area contributed by atoms with E-state index >= 15 is 0 Å². The van der Waals surface area contributed by atoms with E-state index in [1.807, 2.05) is 35.9 Å². The highest BCUT2D eigenvalue weighted by Crippen LogP contribution is 2.27. The van der Waals surface area contributed by atoms with Crippen molar-refractivity contribution in [2.75, 3.05) is 20.8 Å². The van der Waals surface area contributed by atoms with Crippen molar-refractivity contribution in [3.63, 3.8) is 0 Å². The number of rotatable bonds is 10. The van der Waals surface area contributed by atoms with Gasteiger partial charge < -0.3 is 14.4 Å². The molecule has 0 bridgehead atoms. The molecule has 0 fully saturated rings. The minimum absolute atomic E-state index is 0.610. The average molecular weight is 429 g/mol. The summed E-state index contributed by atoms with van der Waals surface area (Å²) in [6, 6.07) is 10.0. The van der Waals surface area contributed by atoms with Crippen molar-refractivity contribution in [2.45, 2.75) is 40.0 Å². The number of hydrogen-bond acceptors (Lipinski definition) is 5. The maximum absolute atomic E-state index is 5.74. The molecule has 0 saturated carbocycles. The van der Waals surface area contributed by atoms with Crippen molar-refractivity contribution in [3.8, 4) is 22.9 Å². The fraction of sp³-hybridized carbons (Fsp3) is 0.409. The van der Waals surface area contributed by atoms with Gasteiger partial charge in [-0.05, 0) is 55.9 Å². The third-order valence-corrected chi connectivity index (χ3v) is 5.19. The van der Waals surface area contributed by atoms with Crippen molar-refractivity contribution in [2.24, 2.45) is 0 Å². The Morgan fingerprint density at radius 3 is 2.53 bits per heavy atom. The van der Waals surface area contributed by atoms with Gasteiger partial charge in [-0.25, -0.2) is 0 Å². The summed E-state index contributed by atoms with van der Waals surface area (Å²) in [6.45, 7) is 7.04.